The minimum Gasteiger partial charge on any atom is -0.312 e. The molecule has 1 N–H and O–H groups in total. The van der Waals surface area contributed by atoms with Gasteiger partial charge in [0.15, 0.2) is 0 Å². The molecule has 20 heavy (non-hydrogen) atoms. The van der Waals surface area contributed by atoms with Crippen LogP contribution < -0.4 is 10.2 Å². The van der Waals surface area contributed by atoms with Gasteiger partial charge in [-0.3, -0.25) is 14.6 Å². The number of nitrogens with zero attached hydrogens (tertiary/aromatic N) is 3. The second-order valence-electron chi connectivity index (χ2n) is 5.37. The summed E-state index contributed by atoms with van der Waals surface area (Å²) in [7, 11) is 0. The molecule has 1 saturated heterocycles. The van der Waals surface area contributed by atoms with Gasteiger partial charge in [-0.05, 0) is 25.0 Å². The number of halogens is 1. The maximum atomic E-state index is 12.4. The van der Waals surface area contributed by atoms with Crippen LogP contribution in [-0.4, -0.2) is 54.6 Å². The summed E-state index contributed by atoms with van der Waals surface area (Å²) in [5.41, 5.74) is 1.18. The van der Waals surface area contributed by atoms with Gasteiger partial charge in [0.2, 0.25) is 5.91 Å². The number of carbonyl (C=O) groups excluding carboxylic acids is 1. The second-order valence-corrected chi connectivity index (χ2v) is 5.37. The van der Waals surface area contributed by atoms with Crippen LogP contribution in [0, 0.1) is 0 Å². The monoisotopic (exact) mass is 296 g/mol. The van der Waals surface area contributed by atoms with E-state index >= 15 is 0 Å². The molecule has 3 rings (SSSR count). The van der Waals surface area contributed by atoms with E-state index in [1.807, 2.05) is 11.0 Å². The summed E-state index contributed by atoms with van der Waals surface area (Å²) in [6.07, 6.45) is 2.68. The van der Waals surface area contributed by atoms with Crippen LogP contribution in [-0.2, 0) is 11.2 Å². The van der Waals surface area contributed by atoms with Crippen LogP contribution in [0.3, 0.4) is 0 Å². The fourth-order valence-electron chi connectivity index (χ4n) is 2.88. The number of amides is 1. The van der Waals surface area contributed by atoms with Crippen molar-refractivity contribution in [2.24, 2.45) is 0 Å². The maximum Gasteiger partial charge on any atom is 0.242 e. The third-order valence-electron chi connectivity index (χ3n) is 3.84. The number of pyridine rings is 1. The third kappa shape index (κ3) is 3.11. The van der Waals surface area contributed by atoms with Crippen molar-refractivity contribution >= 4 is 24.1 Å². The van der Waals surface area contributed by atoms with Gasteiger partial charge in [-0.2, -0.15) is 0 Å². The highest BCUT2D eigenvalue weighted by Gasteiger charge is 2.27. The molecule has 110 valence electrons. The first-order chi connectivity index (χ1) is 9.24. The summed E-state index contributed by atoms with van der Waals surface area (Å²) in [6, 6.07) is 4.46. The lowest BCUT2D eigenvalue weighted by molar-refractivity contribution is -0.119. The molecule has 1 aromatic rings. The molecule has 0 aromatic carbocycles. The van der Waals surface area contributed by atoms with Gasteiger partial charge in [-0.1, -0.05) is 6.07 Å². The molecule has 0 aliphatic carbocycles. The quantitative estimate of drug-likeness (QED) is 0.872. The number of anilines is 1. The molecular formula is C14H21ClN4O. The topological polar surface area (TPSA) is 48.5 Å². The Morgan fingerprint density at radius 3 is 3.15 bits per heavy atom. The summed E-state index contributed by atoms with van der Waals surface area (Å²) in [4.78, 5) is 20.8. The zero-order valence-electron chi connectivity index (χ0n) is 11.7. The molecule has 0 saturated carbocycles. The van der Waals surface area contributed by atoms with E-state index in [1.54, 1.807) is 6.20 Å². The van der Waals surface area contributed by atoms with E-state index in [0.717, 1.165) is 38.4 Å². The average molecular weight is 297 g/mol. The molecule has 1 aromatic heterocycles. The Bertz CT molecular complexity index is 482. The largest absolute Gasteiger partial charge is 0.312 e. The average Bonchev–Trinajstić information content (AvgIpc) is 2.82. The zero-order valence-corrected chi connectivity index (χ0v) is 12.5. The normalized spacial score (nSPS) is 22.2. The molecule has 2 aliphatic rings. The first kappa shape index (κ1) is 15.2. The molecule has 0 radical (unpaired) electrons. The lowest BCUT2D eigenvalue weighted by Crippen LogP contribution is -2.52. The number of fused-ring (bicyclic) bond motifs is 1. The van der Waals surface area contributed by atoms with Crippen molar-refractivity contribution in [2.45, 2.75) is 19.4 Å². The first-order valence-electron chi connectivity index (χ1n) is 6.94. The molecule has 2 aliphatic heterocycles. The highest BCUT2D eigenvalue weighted by atomic mass is 35.5. The van der Waals surface area contributed by atoms with E-state index in [1.165, 1.54) is 5.56 Å². The SMILES string of the molecule is C[C@@H]1CN(CC(=O)N2CCc3cccnc32)CCN1.Cl. The Labute approximate surface area is 125 Å². The number of nitrogens with one attached hydrogen (secondary N) is 1. The van der Waals surface area contributed by atoms with E-state index in [-0.39, 0.29) is 18.3 Å². The molecule has 0 spiro atoms. The molecule has 1 amide bonds. The summed E-state index contributed by atoms with van der Waals surface area (Å²) in [6.45, 7) is 6.27. The molecular weight excluding hydrogens is 276 g/mol. The van der Waals surface area contributed by atoms with E-state index in [2.05, 4.69) is 28.2 Å². The molecule has 1 atom stereocenters. The lowest BCUT2D eigenvalue weighted by atomic mass is 10.2. The van der Waals surface area contributed by atoms with Crippen molar-refractivity contribution in [1.29, 1.82) is 0 Å². The summed E-state index contributed by atoms with van der Waals surface area (Å²) in [5, 5.41) is 3.39. The van der Waals surface area contributed by atoms with Crippen LogP contribution >= 0.6 is 12.4 Å². The molecule has 0 unspecified atom stereocenters. The zero-order chi connectivity index (χ0) is 13.2. The van der Waals surface area contributed by atoms with Crippen molar-refractivity contribution in [3.63, 3.8) is 0 Å². The van der Waals surface area contributed by atoms with Crippen molar-refractivity contribution in [3.05, 3.63) is 23.9 Å². The summed E-state index contributed by atoms with van der Waals surface area (Å²) >= 11 is 0. The standard InChI is InChI=1S/C14H20N4O.ClH/c1-11-9-17(8-6-15-11)10-13(19)18-7-4-12-3-2-5-16-14(12)18;/h2-3,5,11,15H,4,6-10H2,1H3;1H/t11-;/m1./s1. The summed E-state index contributed by atoms with van der Waals surface area (Å²) in [5.74, 6) is 1.03. The van der Waals surface area contributed by atoms with Crippen LogP contribution in [0.25, 0.3) is 0 Å². The number of hydrogen-bond acceptors (Lipinski definition) is 4. The Morgan fingerprint density at radius 2 is 2.35 bits per heavy atom. The molecule has 3 heterocycles. The highest BCUT2D eigenvalue weighted by Crippen LogP contribution is 2.24. The van der Waals surface area contributed by atoms with E-state index in [9.17, 15) is 4.79 Å². The molecule has 1 fully saturated rings. The Morgan fingerprint density at radius 1 is 1.50 bits per heavy atom. The minimum absolute atomic E-state index is 0. The van der Waals surface area contributed by atoms with E-state index < -0.39 is 0 Å². The number of piperazine rings is 1. The fraction of sp³-hybridized carbons (Fsp3) is 0.571. The van der Waals surface area contributed by atoms with Gasteiger partial charge in [0.25, 0.3) is 0 Å². The van der Waals surface area contributed by atoms with Gasteiger partial charge in [-0.25, -0.2) is 4.98 Å². The van der Waals surface area contributed by atoms with Gasteiger partial charge in [-0.15, -0.1) is 12.4 Å². The van der Waals surface area contributed by atoms with Crippen LogP contribution in [0.15, 0.2) is 18.3 Å². The summed E-state index contributed by atoms with van der Waals surface area (Å²) < 4.78 is 0. The fourth-order valence-corrected chi connectivity index (χ4v) is 2.88. The third-order valence-corrected chi connectivity index (χ3v) is 3.84. The predicted molar refractivity (Wildman–Crippen MR) is 81.4 cm³/mol. The first-order valence-corrected chi connectivity index (χ1v) is 6.94. The van der Waals surface area contributed by atoms with Crippen LogP contribution in [0.2, 0.25) is 0 Å². The van der Waals surface area contributed by atoms with Gasteiger partial charge >= 0.3 is 0 Å². The van der Waals surface area contributed by atoms with Crippen molar-refractivity contribution in [2.75, 3.05) is 37.6 Å². The van der Waals surface area contributed by atoms with E-state index in [0.29, 0.717) is 12.6 Å². The smallest absolute Gasteiger partial charge is 0.242 e. The molecule has 5 nitrogen and oxygen atoms in total. The van der Waals surface area contributed by atoms with Crippen LogP contribution in [0.1, 0.15) is 12.5 Å². The minimum atomic E-state index is 0. The van der Waals surface area contributed by atoms with Gasteiger partial charge < -0.3 is 5.32 Å². The van der Waals surface area contributed by atoms with Crippen LogP contribution in [0.4, 0.5) is 5.82 Å². The molecule has 0 bridgehead atoms. The van der Waals surface area contributed by atoms with Gasteiger partial charge in [0.1, 0.15) is 5.82 Å². The second kappa shape index (κ2) is 6.52. The molecule has 6 heteroatoms. The van der Waals surface area contributed by atoms with Gasteiger partial charge in [0.05, 0.1) is 6.54 Å². The Kier molecular flexibility index (Phi) is 4.96. The van der Waals surface area contributed by atoms with Crippen molar-refractivity contribution < 1.29 is 4.79 Å². The maximum absolute atomic E-state index is 12.4. The number of hydrogen-bond donors (Lipinski definition) is 1. The Hall–Kier alpha value is -1.17. The number of aromatic nitrogens is 1. The number of rotatable bonds is 2. The highest BCUT2D eigenvalue weighted by molar-refractivity contribution is 5.95. The van der Waals surface area contributed by atoms with Crippen molar-refractivity contribution in [3.8, 4) is 0 Å². The van der Waals surface area contributed by atoms with Crippen LogP contribution in [0.5, 0.6) is 0 Å². The van der Waals surface area contributed by atoms with E-state index in [4.69, 9.17) is 0 Å². The predicted octanol–water partition coefficient (Wildman–Crippen LogP) is 0.686. The van der Waals surface area contributed by atoms with Crippen molar-refractivity contribution in [1.82, 2.24) is 15.2 Å². The lowest BCUT2D eigenvalue weighted by Gasteiger charge is -2.32. The Balaban J connectivity index is 0.00000147. The number of carbonyl (C=O) groups is 1. The van der Waals surface area contributed by atoms with Gasteiger partial charge in [0, 0.05) is 38.4 Å².